The van der Waals surface area contributed by atoms with Gasteiger partial charge in [0.15, 0.2) is 0 Å². The third-order valence-electron chi connectivity index (χ3n) is 5.54. The van der Waals surface area contributed by atoms with Crippen molar-refractivity contribution in [2.24, 2.45) is 11.8 Å². The Morgan fingerprint density at radius 1 is 1.13 bits per heavy atom. The van der Waals surface area contributed by atoms with Crippen molar-refractivity contribution in [3.05, 3.63) is 12.3 Å². The molecule has 2 aliphatic heterocycles. The molecule has 1 aromatic rings. The second-order valence-electron chi connectivity index (χ2n) is 7.03. The standard InChI is InChI=1S/C16H23N5O2/c1-11(22)19-7-12-9-20(10-13(12)8-19)16(23)18-15-5-6-17-21(15)14-3-2-4-14/h5-6,12-14H,2-4,7-10H2,1H3,(H,18,23)/t12-,13+. The fourth-order valence-corrected chi connectivity index (χ4v) is 3.94. The van der Waals surface area contributed by atoms with Gasteiger partial charge in [0, 0.05) is 51.0 Å². The molecule has 7 heteroatoms. The van der Waals surface area contributed by atoms with E-state index in [1.54, 1.807) is 13.1 Å². The van der Waals surface area contributed by atoms with Crippen LogP contribution >= 0.6 is 0 Å². The maximum absolute atomic E-state index is 12.5. The van der Waals surface area contributed by atoms with Crippen LogP contribution in [0.3, 0.4) is 0 Å². The molecule has 1 N–H and O–H groups in total. The SMILES string of the molecule is CC(=O)N1C[C@@H]2CN(C(=O)Nc3ccnn3C3CCC3)C[C@@H]2C1. The summed E-state index contributed by atoms with van der Waals surface area (Å²) in [6.07, 6.45) is 5.26. The molecule has 0 aromatic carbocycles. The van der Waals surface area contributed by atoms with Gasteiger partial charge < -0.3 is 9.80 Å². The normalized spacial score (nSPS) is 27.0. The number of nitrogens with one attached hydrogen (secondary N) is 1. The van der Waals surface area contributed by atoms with Crippen molar-refractivity contribution in [1.82, 2.24) is 19.6 Å². The Labute approximate surface area is 135 Å². The summed E-state index contributed by atoms with van der Waals surface area (Å²) in [6, 6.07) is 2.25. The van der Waals surface area contributed by atoms with Crippen molar-refractivity contribution in [1.29, 1.82) is 0 Å². The van der Waals surface area contributed by atoms with Crippen LogP contribution in [-0.4, -0.2) is 57.7 Å². The van der Waals surface area contributed by atoms with Crippen molar-refractivity contribution in [3.63, 3.8) is 0 Å². The number of anilines is 1. The Hall–Kier alpha value is -2.05. The van der Waals surface area contributed by atoms with E-state index in [-0.39, 0.29) is 11.9 Å². The number of likely N-dealkylation sites (tertiary alicyclic amines) is 2. The number of carbonyl (C=O) groups is 2. The highest BCUT2D eigenvalue weighted by atomic mass is 16.2. The highest BCUT2D eigenvalue weighted by Gasteiger charge is 2.42. The second kappa shape index (κ2) is 5.54. The van der Waals surface area contributed by atoms with Gasteiger partial charge in [-0.05, 0) is 19.3 Å². The van der Waals surface area contributed by atoms with Crippen molar-refractivity contribution >= 4 is 17.8 Å². The van der Waals surface area contributed by atoms with Crippen LogP contribution in [0.25, 0.3) is 0 Å². The summed E-state index contributed by atoms with van der Waals surface area (Å²) >= 11 is 0. The summed E-state index contributed by atoms with van der Waals surface area (Å²) in [5, 5.41) is 7.36. The minimum Gasteiger partial charge on any atom is -0.342 e. The van der Waals surface area contributed by atoms with Gasteiger partial charge in [-0.3, -0.25) is 10.1 Å². The molecule has 124 valence electrons. The topological polar surface area (TPSA) is 70.5 Å². The molecule has 3 heterocycles. The predicted molar refractivity (Wildman–Crippen MR) is 84.9 cm³/mol. The summed E-state index contributed by atoms with van der Waals surface area (Å²) in [7, 11) is 0. The Bertz CT molecular complexity index is 610. The first-order chi connectivity index (χ1) is 11.1. The summed E-state index contributed by atoms with van der Waals surface area (Å²) in [5.74, 6) is 1.77. The van der Waals surface area contributed by atoms with Gasteiger partial charge in [0.05, 0.1) is 12.2 Å². The zero-order valence-corrected chi connectivity index (χ0v) is 13.4. The van der Waals surface area contributed by atoms with Gasteiger partial charge in [-0.25, -0.2) is 9.48 Å². The molecular formula is C16H23N5O2. The molecule has 1 aliphatic carbocycles. The zero-order valence-electron chi connectivity index (χ0n) is 13.4. The van der Waals surface area contributed by atoms with Gasteiger partial charge in [0.1, 0.15) is 5.82 Å². The van der Waals surface area contributed by atoms with Crippen molar-refractivity contribution in [3.8, 4) is 0 Å². The van der Waals surface area contributed by atoms with Gasteiger partial charge in [-0.15, -0.1) is 0 Å². The number of hydrogen-bond donors (Lipinski definition) is 1. The van der Waals surface area contributed by atoms with E-state index in [9.17, 15) is 9.59 Å². The van der Waals surface area contributed by atoms with E-state index >= 15 is 0 Å². The van der Waals surface area contributed by atoms with E-state index in [4.69, 9.17) is 0 Å². The van der Waals surface area contributed by atoms with Crippen molar-refractivity contribution in [2.45, 2.75) is 32.2 Å². The lowest BCUT2D eigenvalue weighted by Gasteiger charge is -2.28. The molecule has 2 atom stereocenters. The summed E-state index contributed by atoms with van der Waals surface area (Å²) in [4.78, 5) is 27.8. The largest absolute Gasteiger partial charge is 0.342 e. The number of urea groups is 1. The van der Waals surface area contributed by atoms with Crippen LogP contribution in [0.1, 0.15) is 32.2 Å². The monoisotopic (exact) mass is 317 g/mol. The van der Waals surface area contributed by atoms with Crippen molar-refractivity contribution < 1.29 is 9.59 Å². The lowest BCUT2D eigenvalue weighted by molar-refractivity contribution is -0.128. The fourth-order valence-electron chi connectivity index (χ4n) is 3.94. The molecule has 7 nitrogen and oxygen atoms in total. The van der Waals surface area contributed by atoms with E-state index < -0.39 is 0 Å². The molecule has 1 saturated carbocycles. The fraction of sp³-hybridized carbons (Fsp3) is 0.688. The smallest absolute Gasteiger partial charge is 0.323 e. The number of carbonyl (C=O) groups excluding carboxylic acids is 2. The van der Waals surface area contributed by atoms with E-state index in [2.05, 4.69) is 10.4 Å². The number of rotatable bonds is 2. The molecule has 0 bridgehead atoms. The Kier molecular flexibility index (Phi) is 3.50. The summed E-state index contributed by atoms with van der Waals surface area (Å²) in [6.45, 7) is 4.65. The Balaban J connectivity index is 1.36. The average Bonchev–Trinajstić information content (AvgIpc) is 3.10. The quantitative estimate of drug-likeness (QED) is 0.899. The van der Waals surface area contributed by atoms with Crippen LogP contribution in [0.15, 0.2) is 12.3 Å². The molecule has 0 unspecified atom stereocenters. The average molecular weight is 317 g/mol. The van der Waals surface area contributed by atoms with Gasteiger partial charge in [0.25, 0.3) is 0 Å². The number of aromatic nitrogens is 2. The second-order valence-corrected chi connectivity index (χ2v) is 7.03. The number of hydrogen-bond acceptors (Lipinski definition) is 3. The Morgan fingerprint density at radius 2 is 1.78 bits per heavy atom. The molecule has 0 spiro atoms. The molecule has 4 rings (SSSR count). The van der Waals surface area contributed by atoms with E-state index in [1.807, 2.05) is 20.5 Å². The van der Waals surface area contributed by atoms with Gasteiger partial charge >= 0.3 is 6.03 Å². The first kappa shape index (κ1) is 14.5. The van der Waals surface area contributed by atoms with E-state index in [0.29, 0.717) is 17.9 Å². The third-order valence-corrected chi connectivity index (χ3v) is 5.54. The molecule has 2 saturated heterocycles. The molecule has 23 heavy (non-hydrogen) atoms. The highest BCUT2D eigenvalue weighted by Crippen LogP contribution is 2.34. The van der Waals surface area contributed by atoms with E-state index in [1.165, 1.54) is 6.42 Å². The third kappa shape index (κ3) is 2.58. The maximum Gasteiger partial charge on any atom is 0.323 e. The lowest BCUT2D eigenvalue weighted by atomic mass is 9.93. The maximum atomic E-state index is 12.5. The van der Waals surface area contributed by atoms with Gasteiger partial charge in [-0.1, -0.05) is 0 Å². The molecular weight excluding hydrogens is 294 g/mol. The van der Waals surface area contributed by atoms with Gasteiger partial charge in [-0.2, -0.15) is 5.10 Å². The first-order valence-electron chi connectivity index (χ1n) is 8.47. The van der Waals surface area contributed by atoms with Gasteiger partial charge in [0.2, 0.25) is 5.91 Å². The van der Waals surface area contributed by atoms with Crippen LogP contribution in [0.2, 0.25) is 0 Å². The molecule has 1 aromatic heterocycles. The van der Waals surface area contributed by atoms with Crippen molar-refractivity contribution in [2.75, 3.05) is 31.5 Å². The van der Waals surface area contributed by atoms with Crippen LogP contribution in [-0.2, 0) is 4.79 Å². The first-order valence-corrected chi connectivity index (χ1v) is 8.47. The molecule has 3 aliphatic rings. The minimum atomic E-state index is -0.0464. The lowest BCUT2D eigenvalue weighted by Crippen LogP contribution is -2.37. The predicted octanol–water partition coefficient (Wildman–Crippen LogP) is 1.55. The van der Waals surface area contributed by atoms with Crippen LogP contribution in [0.4, 0.5) is 10.6 Å². The Morgan fingerprint density at radius 3 is 2.35 bits per heavy atom. The van der Waals surface area contributed by atoms with E-state index in [0.717, 1.165) is 44.8 Å². The van der Waals surface area contributed by atoms with Crippen LogP contribution in [0.5, 0.6) is 0 Å². The zero-order chi connectivity index (χ0) is 16.0. The minimum absolute atomic E-state index is 0.0464. The summed E-state index contributed by atoms with van der Waals surface area (Å²) in [5.41, 5.74) is 0. The number of fused-ring (bicyclic) bond motifs is 1. The highest BCUT2D eigenvalue weighted by molar-refractivity contribution is 5.88. The molecule has 3 amide bonds. The molecule has 0 radical (unpaired) electrons. The number of amides is 3. The number of nitrogens with zero attached hydrogens (tertiary/aromatic N) is 4. The van der Waals surface area contributed by atoms with Crippen LogP contribution < -0.4 is 5.32 Å². The van der Waals surface area contributed by atoms with Crippen LogP contribution in [0, 0.1) is 11.8 Å². The molecule has 3 fully saturated rings. The summed E-state index contributed by atoms with van der Waals surface area (Å²) < 4.78 is 1.94.